The van der Waals surface area contributed by atoms with Crippen molar-refractivity contribution in [1.82, 2.24) is 9.97 Å². The molecule has 1 aromatic heterocycles. The lowest BCUT2D eigenvalue weighted by Gasteiger charge is -2.07. The summed E-state index contributed by atoms with van der Waals surface area (Å²) >= 11 is 0. The first-order valence-electron chi connectivity index (χ1n) is 5.71. The number of rotatable bonds is 5. The van der Waals surface area contributed by atoms with Gasteiger partial charge in [0.15, 0.2) is 0 Å². The molecule has 1 aliphatic carbocycles. The average molecular weight is 220 g/mol. The van der Waals surface area contributed by atoms with E-state index >= 15 is 0 Å². The molecule has 0 spiro atoms. The van der Waals surface area contributed by atoms with Crippen molar-refractivity contribution in [2.75, 3.05) is 0 Å². The van der Waals surface area contributed by atoms with Crippen LogP contribution in [0, 0.1) is 6.92 Å². The van der Waals surface area contributed by atoms with Gasteiger partial charge in [-0.1, -0.05) is 0 Å². The first-order valence-corrected chi connectivity index (χ1v) is 5.71. The molecule has 1 fully saturated rings. The molecule has 0 bridgehead atoms. The molecular weight excluding hydrogens is 204 g/mol. The third-order valence-electron chi connectivity index (χ3n) is 2.82. The highest BCUT2D eigenvalue weighted by molar-refractivity contribution is 5.66. The molecule has 0 unspecified atom stereocenters. The lowest BCUT2D eigenvalue weighted by Crippen LogP contribution is -2.02. The first-order chi connectivity index (χ1) is 7.66. The predicted molar refractivity (Wildman–Crippen MR) is 59.3 cm³/mol. The maximum atomic E-state index is 10.4. The number of nitrogens with zero attached hydrogens (tertiary/aromatic N) is 2. The Hall–Kier alpha value is -1.45. The Morgan fingerprint density at radius 2 is 2.31 bits per heavy atom. The van der Waals surface area contributed by atoms with E-state index in [1.54, 1.807) is 0 Å². The zero-order valence-corrected chi connectivity index (χ0v) is 9.44. The van der Waals surface area contributed by atoms with E-state index in [-0.39, 0.29) is 6.42 Å². The number of aryl methyl sites for hydroxylation is 2. The summed E-state index contributed by atoms with van der Waals surface area (Å²) in [5.41, 5.74) is 2.28. The number of aliphatic carboxylic acids is 1. The Bertz CT molecular complexity index is 400. The van der Waals surface area contributed by atoms with E-state index in [1.807, 2.05) is 13.1 Å². The Kier molecular flexibility index (Phi) is 3.17. The Morgan fingerprint density at radius 1 is 1.56 bits per heavy atom. The number of aromatic nitrogens is 2. The van der Waals surface area contributed by atoms with E-state index < -0.39 is 5.97 Å². The molecule has 0 aliphatic heterocycles. The molecule has 0 saturated heterocycles. The highest BCUT2D eigenvalue weighted by atomic mass is 16.4. The fourth-order valence-electron chi connectivity index (χ4n) is 1.85. The molecule has 0 radical (unpaired) electrons. The van der Waals surface area contributed by atoms with Gasteiger partial charge in [-0.15, -0.1) is 0 Å². The largest absolute Gasteiger partial charge is 0.481 e. The summed E-state index contributed by atoms with van der Waals surface area (Å²) in [4.78, 5) is 19.1. The topological polar surface area (TPSA) is 63.1 Å². The Balaban J connectivity index is 2.04. The van der Waals surface area contributed by atoms with Gasteiger partial charge in [0.05, 0.1) is 5.69 Å². The second-order valence-corrected chi connectivity index (χ2v) is 4.35. The molecule has 1 aromatic rings. The van der Waals surface area contributed by atoms with Gasteiger partial charge in [0.1, 0.15) is 5.82 Å². The minimum Gasteiger partial charge on any atom is -0.481 e. The van der Waals surface area contributed by atoms with E-state index in [4.69, 9.17) is 5.11 Å². The molecular formula is C12H16N2O2. The summed E-state index contributed by atoms with van der Waals surface area (Å²) in [6, 6.07) is 0. The first kappa shape index (κ1) is 11.0. The molecule has 1 aliphatic rings. The maximum Gasteiger partial charge on any atom is 0.303 e. The van der Waals surface area contributed by atoms with Gasteiger partial charge in [-0.05, 0) is 38.2 Å². The summed E-state index contributed by atoms with van der Waals surface area (Å²) in [5, 5.41) is 8.60. The standard InChI is InChI=1S/C12H16N2O2/c1-8-13-7-10(3-2-4-11(15)16)12(14-8)9-5-6-9/h7,9H,2-6H2,1H3,(H,15,16). The maximum absolute atomic E-state index is 10.4. The molecule has 0 aromatic carbocycles. The second-order valence-electron chi connectivity index (χ2n) is 4.35. The van der Waals surface area contributed by atoms with E-state index in [9.17, 15) is 4.79 Å². The summed E-state index contributed by atoms with van der Waals surface area (Å²) in [7, 11) is 0. The van der Waals surface area contributed by atoms with Crippen molar-refractivity contribution in [3.63, 3.8) is 0 Å². The van der Waals surface area contributed by atoms with Crippen LogP contribution >= 0.6 is 0 Å². The molecule has 16 heavy (non-hydrogen) atoms. The highest BCUT2D eigenvalue weighted by Crippen LogP contribution is 2.40. The van der Waals surface area contributed by atoms with Crippen LogP contribution in [0.5, 0.6) is 0 Å². The van der Waals surface area contributed by atoms with Crippen molar-refractivity contribution in [3.05, 3.63) is 23.3 Å². The quantitative estimate of drug-likeness (QED) is 0.825. The van der Waals surface area contributed by atoms with Crippen LogP contribution < -0.4 is 0 Å². The third kappa shape index (κ3) is 2.78. The lowest BCUT2D eigenvalue weighted by molar-refractivity contribution is -0.137. The van der Waals surface area contributed by atoms with Gasteiger partial charge in [-0.2, -0.15) is 0 Å². The lowest BCUT2D eigenvalue weighted by atomic mass is 10.1. The fraction of sp³-hybridized carbons (Fsp3) is 0.583. The predicted octanol–water partition coefficient (Wildman–Crippen LogP) is 2.07. The fourth-order valence-corrected chi connectivity index (χ4v) is 1.85. The van der Waals surface area contributed by atoms with Gasteiger partial charge < -0.3 is 5.11 Å². The molecule has 4 nitrogen and oxygen atoms in total. The zero-order valence-electron chi connectivity index (χ0n) is 9.44. The average Bonchev–Trinajstić information content (AvgIpc) is 3.03. The zero-order chi connectivity index (χ0) is 11.5. The number of carbonyl (C=O) groups is 1. The van der Waals surface area contributed by atoms with Crippen molar-refractivity contribution < 1.29 is 9.90 Å². The Labute approximate surface area is 94.7 Å². The molecule has 0 amide bonds. The van der Waals surface area contributed by atoms with Crippen molar-refractivity contribution in [2.24, 2.45) is 0 Å². The van der Waals surface area contributed by atoms with E-state index in [2.05, 4.69) is 9.97 Å². The minimum atomic E-state index is -0.735. The van der Waals surface area contributed by atoms with Crippen LogP contribution in [-0.4, -0.2) is 21.0 Å². The van der Waals surface area contributed by atoms with Crippen LogP contribution in [0.1, 0.15) is 48.7 Å². The van der Waals surface area contributed by atoms with Crippen LogP contribution in [0.15, 0.2) is 6.20 Å². The van der Waals surface area contributed by atoms with Crippen LogP contribution in [0.25, 0.3) is 0 Å². The van der Waals surface area contributed by atoms with Crippen LogP contribution in [-0.2, 0) is 11.2 Å². The monoisotopic (exact) mass is 220 g/mol. The summed E-state index contributed by atoms with van der Waals surface area (Å²) in [6.07, 6.45) is 5.94. The van der Waals surface area contributed by atoms with Gasteiger partial charge in [0.2, 0.25) is 0 Å². The van der Waals surface area contributed by atoms with Crippen LogP contribution in [0.2, 0.25) is 0 Å². The van der Waals surface area contributed by atoms with Crippen LogP contribution in [0.3, 0.4) is 0 Å². The number of carboxylic acid groups (broad SMARTS) is 1. The van der Waals surface area contributed by atoms with Gasteiger partial charge >= 0.3 is 5.97 Å². The minimum absolute atomic E-state index is 0.220. The SMILES string of the molecule is Cc1ncc(CCCC(=O)O)c(C2CC2)n1. The molecule has 2 rings (SSSR count). The smallest absolute Gasteiger partial charge is 0.303 e. The summed E-state index contributed by atoms with van der Waals surface area (Å²) in [5.74, 6) is 0.673. The molecule has 86 valence electrons. The van der Waals surface area contributed by atoms with Crippen LogP contribution in [0.4, 0.5) is 0 Å². The number of carboxylic acids is 1. The van der Waals surface area contributed by atoms with Crippen molar-refractivity contribution in [2.45, 2.75) is 44.9 Å². The van der Waals surface area contributed by atoms with E-state index in [0.29, 0.717) is 12.3 Å². The van der Waals surface area contributed by atoms with Crippen molar-refractivity contribution in [1.29, 1.82) is 0 Å². The molecule has 1 heterocycles. The Morgan fingerprint density at radius 3 is 2.94 bits per heavy atom. The van der Waals surface area contributed by atoms with Crippen molar-refractivity contribution in [3.8, 4) is 0 Å². The highest BCUT2D eigenvalue weighted by Gasteiger charge is 2.27. The summed E-state index contributed by atoms with van der Waals surface area (Å²) < 4.78 is 0. The van der Waals surface area contributed by atoms with E-state index in [0.717, 1.165) is 23.5 Å². The molecule has 0 atom stereocenters. The normalized spacial score (nSPS) is 15.1. The van der Waals surface area contributed by atoms with Gasteiger partial charge in [-0.3, -0.25) is 4.79 Å². The molecule has 1 saturated carbocycles. The summed E-state index contributed by atoms with van der Waals surface area (Å²) in [6.45, 7) is 1.90. The van der Waals surface area contributed by atoms with Gasteiger partial charge in [0, 0.05) is 18.5 Å². The second kappa shape index (κ2) is 4.60. The van der Waals surface area contributed by atoms with Crippen molar-refractivity contribution >= 4 is 5.97 Å². The third-order valence-corrected chi connectivity index (χ3v) is 2.82. The van der Waals surface area contributed by atoms with Gasteiger partial charge in [-0.25, -0.2) is 9.97 Å². The number of hydrogen-bond donors (Lipinski definition) is 1. The number of hydrogen-bond acceptors (Lipinski definition) is 3. The molecule has 1 N–H and O–H groups in total. The van der Waals surface area contributed by atoms with E-state index in [1.165, 1.54) is 12.8 Å². The molecule has 4 heteroatoms. The van der Waals surface area contributed by atoms with Gasteiger partial charge in [0.25, 0.3) is 0 Å².